The molecule has 0 saturated carbocycles. The van der Waals surface area contributed by atoms with Crippen molar-refractivity contribution < 1.29 is 18.3 Å². The van der Waals surface area contributed by atoms with Gasteiger partial charge in [-0.2, -0.15) is 0 Å². The Kier molecular flexibility index (Phi) is 20.9. The summed E-state index contributed by atoms with van der Waals surface area (Å²) in [6.07, 6.45) is 31.9. The van der Waals surface area contributed by atoms with E-state index in [2.05, 4.69) is 6.92 Å². The fourth-order valence-corrected chi connectivity index (χ4v) is 6.83. The summed E-state index contributed by atoms with van der Waals surface area (Å²) in [6, 6.07) is 14.7. The monoisotopic (exact) mass is 626 g/mol. The van der Waals surface area contributed by atoms with Crippen LogP contribution in [0.4, 0.5) is 0 Å². The van der Waals surface area contributed by atoms with Crippen LogP contribution >= 0.6 is 0 Å². The first-order chi connectivity index (χ1) is 21.5. The molecule has 1 unspecified atom stereocenters. The highest BCUT2D eigenvalue weighted by Crippen LogP contribution is 2.20. The first-order valence-electron chi connectivity index (χ1n) is 17.9. The van der Waals surface area contributed by atoms with Crippen LogP contribution in [-0.2, 0) is 9.84 Å². The molecule has 0 spiro atoms. The van der Waals surface area contributed by atoms with E-state index in [0.717, 1.165) is 29.9 Å². The third-order valence-electron chi connectivity index (χ3n) is 8.53. The number of aliphatic hydroxyl groups excluding tert-OH is 1. The first-order valence-corrected chi connectivity index (χ1v) is 19.4. The topological polar surface area (TPSA) is 63.6 Å². The SMILES string of the molecule is CCCCCCCCCCCCCCCCCCCCCCOc1ccc(C=Cc2ccc(S(=O)(=O)C(O)CC)cc2)cc1. The summed E-state index contributed by atoms with van der Waals surface area (Å²) in [6.45, 7) is 4.70. The van der Waals surface area contributed by atoms with Gasteiger partial charge >= 0.3 is 0 Å². The van der Waals surface area contributed by atoms with E-state index in [0.29, 0.717) is 0 Å². The maximum absolute atomic E-state index is 12.3. The molecule has 0 heterocycles. The molecule has 1 N–H and O–H groups in total. The zero-order valence-electron chi connectivity index (χ0n) is 28.0. The van der Waals surface area contributed by atoms with Crippen LogP contribution in [0.15, 0.2) is 53.4 Å². The highest BCUT2D eigenvalue weighted by Gasteiger charge is 2.23. The molecular weight excluding hydrogens is 564 g/mol. The Balaban J connectivity index is 1.42. The van der Waals surface area contributed by atoms with E-state index >= 15 is 0 Å². The van der Waals surface area contributed by atoms with E-state index in [4.69, 9.17) is 4.74 Å². The minimum Gasteiger partial charge on any atom is -0.494 e. The van der Waals surface area contributed by atoms with Gasteiger partial charge in [-0.25, -0.2) is 8.42 Å². The minimum absolute atomic E-state index is 0.144. The number of benzene rings is 2. The summed E-state index contributed by atoms with van der Waals surface area (Å²) in [5.74, 6) is 0.893. The second-order valence-corrected chi connectivity index (χ2v) is 14.6. The van der Waals surface area contributed by atoms with Crippen LogP contribution in [0.5, 0.6) is 5.75 Å². The zero-order valence-corrected chi connectivity index (χ0v) is 28.8. The lowest BCUT2D eigenvalue weighted by molar-refractivity contribution is 0.244. The van der Waals surface area contributed by atoms with Gasteiger partial charge in [0, 0.05) is 0 Å². The Morgan fingerprint density at radius 1 is 0.568 bits per heavy atom. The summed E-state index contributed by atoms with van der Waals surface area (Å²) >= 11 is 0. The summed E-state index contributed by atoms with van der Waals surface area (Å²) in [5, 5.41) is 9.76. The molecule has 0 amide bonds. The Hall–Kier alpha value is -2.11. The van der Waals surface area contributed by atoms with Gasteiger partial charge in [0.2, 0.25) is 9.84 Å². The van der Waals surface area contributed by atoms with E-state index in [9.17, 15) is 13.5 Å². The number of sulfone groups is 1. The molecule has 2 aromatic rings. The van der Waals surface area contributed by atoms with Crippen molar-refractivity contribution in [2.45, 2.75) is 159 Å². The van der Waals surface area contributed by atoms with Crippen molar-refractivity contribution in [3.63, 3.8) is 0 Å². The fraction of sp³-hybridized carbons (Fsp3) is 0.641. The van der Waals surface area contributed by atoms with Gasteiger partial charge < -0.3 is 9.84 Å². The first kappa shape index (κ1) is 38.1. The molecule has 0 bridgehead atoms. The van der Waals surface area contributed by atoms with Crippen molar-refractivity contribution in [3.05, 3.63) is 59.7 Å². The lowest BCUT2D eigenvalue weighted by Gasteiger charge is -2.09. The van der Waals surface area contributed by atoms with Gasteiger partial charge in [-0.15, -0.1) is 0 Å². The number of aliphatic hydroxyl groups is 1. The van der Waals surface area contributed by atoms with E-state index in [1.54, 1.807) is 31.2 Å². The predicted octanol–water partition coefficient (Wildman–Crippen LogP) is 11.6. The molecule has 0 aromatic heterocycles. The van der Waals surface area contributed by atoms with Gasteiger partial charge in [-0.1, -0.05) is 172 Å². The van der Waals surface area contributed by atoms with E-state index in [-0.39, 0.29) is 11.3 Å². The number of hydrogen-bond donors (Lipinski definition) is 1. The van der Waals surface area contributed by atoms with Crippen molar-refractivity contribution in [3.8, 4) is 5.75 Å². The highest BCUT2D eigenvalue weighted by atomic mass is 32.2. The molecule has 2 rings (SSSR count). The molecule has 2 aromatic carbocycles. The van der Waals surface area contributed by atoms with Crippen LogP contribution in [0.1, 0.15) is 160 Å². The molecule has 4 nitrogen and oxygen atoms in total. The van der Waals surface area contributed by atoms with Crippen LogP contribution in [0, 0.1) is 0 Å². The van der Waals surface area contributed by atoms with Gasteiger partial charge in [0.15, 0.2) is 5.44 Å². The molecule has 0 aliphatic carbocycles. The summed E-state index contributed by atoms with van der Waals surface area (Å²) < 4.78 is 30.5. The second-order valence-electron chi connectivity index (χ2n) is 12.4. The maximum atomic E-state index is 12.3. The standard InChI is InChI=1S/C39H62O4S/c1-3-5-6-7-8-9-10-11-12-13-14-15-16-17-18-19-20-21-22-23-34-43-37-30-26-35(27-31-37)24-25-36-28-32-38(33-29-36)44(41,42)39(40)4-2/h24-33,39-40H,3-23,34H2,1-2H3. The normalized spacial score (nSPS) is 12.6. The number of unbranched alkanes of at least 4 members (excludes halogenated alkanes) is 19. The van der Waals surface area contributed by atoms with Crippen LogP contribution in [0.25, 0.3) is 12.2 Å². The molecule has 1 atom stereocenters. The number of hydrogen-bond acceptors (Lipinski definition) is 4. The summed E-state index contributed by atoms with van der Waals surface area (Å²) in [5.41, 5.74) is 0.585. The van der Waals surface area contributed by atoms with Crippen molar-refractivity contribution in [1.29, 1.82) is 0 Å². The van der Waals surface area contributed by atoms with Crippen LogP contribution in [0.2, 0.25) is 0 Å². The van der Waals surface area contributed by atoms with Crippen LogP contribution < -0.4 is 4.74 Å². The van der Waals surface area contributed by atoms with E-state index in [1.807, 2.05) is 36.4 Å². The van der Waals surface area contributed by atoms with Gasteiger partial charge in [0.1, 0.15) is 5.75 Å². The molecule has 0 radical (unpaired) electrons. The number of rotatable bonds is 27. The fourth-order valence-electron chi connectivity index (χ4n) is 5.56. The molecule has 0 saturated heterocycles. The van der Waals surface area contributed by atoms with E-state index in [1.165, 1.54) is 122 Å². The average Bonchev–Trinajstić information content (AvgIpc) is 3.04. The van der Waals surface area contributed by atoms with Gasteiger partial charge in [0.25, 0.3) is 0 Å². The summed E-state index contributed by atoms with van der Waals surface area (Å²) in [7, 11) is -3.69. The quantitative estimate of drug-likeness (QED) is 0.0791. The maximum Gasteiger partial charge on any atom is 0.204 e. The predicted molar refractivity (Wildman–Crippen MR) is 189 cm³/mol. The largest absolute Gasteiger partial charge is 0.494 e. The zero-order chi connectivity index (χ0) is 31.7. The molecule has 5 heteroatoms. The highest BCUT2D eigenvalue weighted by molar-refractivity contribution is 7.91. The second kappa shape index (κ2) is 24.2. The lowest BCUT2D eigenvalue weighted by Crippen LogP contribution is -2.19. The minimum atomic E-state index is -3.69. The van der Waals surface area contributed by atoms with Gasteiger partial charge in [-0.05, 0) is 48.2 Å². The van der Waals surface area contributed by atoms with Gasteiger partial charge in [-0.3, -0.25) is 0 Å². The Labute approximate surface area is 270 Å². The van der Waals surface area contributed by atoms with Gasteiger partial charge in [0.05, 0.1) is 11.5 Å². The molecule has 0 fully saturated rings. The third kappa shape index (κ3) is 16.8. The molecule has 0 aliphatic heterocycles. The lowest BCUT2D eigenvalue weighted by atomic mass is 10.0. The average molecular weight is 627 g/mol. The Morgan fingerprint density at radius 3 is 1.32 bits per heavy atom. The van der Waals surface area contributed by atoms with Crippen molar-refractivity contribution in [2.75, 3.05) is 6.61 Å². The van der Waals surface area contributed by atoms with Crippen molar-refractivity contribution in [2.24, 2.45) is 0 Å². The van der Waals surface area contributed by atoms with Crippen molar-refractivity contribution >= 4 is 22.0 Å². The Bertz CT molecular complexity index is 1090. The Morgan fingerprint density at radius 2 is 0.932 bits per heavy atom. The molecule has 44 heavy (non-hydrogen) atoms. The molecular formula is C39H62O4S. The summed E-state index contributed by atoms with van der Waals surface area (Å²) in [4.78, 5) is 0.144. The smallest absolute Gasteiger partial charge is 0.204 e. The number of ether oxygens (including phenoxy) is 1. The van der Waals surface area contributed by atoms with E-state index < -0.39 is 15.3 Å². The molecule has 248 valence electrons. The van der Waals surface area contributed by atoms with Crippen LogP contribution in [-0.4, -0.2) is 25.6 Å². The van der Waals surface area contributed by atoms with Crippen LogP contribution in [0.3, 0.4) is 0 Å². The van der Waals surface area contributed by atoms with Crippen molar-refractivity contribution in [1.82, 2.24) is 0 Å². The molecule has 0 aliphatic rings. The third-order valence-corrected chi connectivity index (χ3v) is 10.5.